The smallest absolute Gasteiger partial charge is 0.337 e. The van der Waals surface area contributed by atoms with Crippen molar-refractivity contribution in [2.45, 2.75) is 0 Å². The van der Waals surface area contributed by atoms with E-state index in [0.29, 0.717) is 0 Å². The summed E-state index contributed by atoms with van der Waals surface area (Å²) in [7, 11) is 0. The van der Waals surface area contributed by atoms with Gasteiger partial charge in [-0.1, -0.05) is 62.2 Å². The minimum absolute atomic E-state index is 0.00995. The van der Waals surface area contributed by atoms with Gasteiger partial charge in [-0.3, -0.25) is 0 Å². The first-order valence-electron chi connectivity index (χ1n) is 6.06. The maximum Gasteiger partial charge on any atom is 0.337 e. The van der Waals surface area contributed by atoms with Gasteiger partial charge in [0.25, 0.3) is 0 Å². The highest BCUT2D eigenvalue weighted by Gasteiger charge is 2.03. The third-order valence-corrected chi connectivity index (χ3v) is 2.06. The molecule has 4 nitrogen and oxygen atoms in total. The molecule has 0 heterocycles. The Hall–Kier alpha value is -2.88. The van der Waals surface area contributed by atoms with Gasteiger partial charge in [0.05, 0.1) is 5.57 Å². The third kappa shape index (κ3) is 9.67. The number of rotatable bonds is 6. The molecule has 0 aromatic heterocycles. The molecule has 4 heteroatoms. The predicted octanol–water partition coefficient (Wildman–Crippen LogP) is 3.24. The zero-order valence-electron chi connectivity index (χ0n) is 11.7. The summed E-state index contributed by atoms with van der Waals surface area (Å²) in [5.41, 5.74) is 1.16. The van der Waals surface area contributed by atoms with E-state index in [1.54, 1.807) is 0 Å². The molecule has 0 fully saturated rings. The average Bonchev–Trinajstić information content (AvgIpc) is 2.51. The van der Waals surface area contributed by atoms with Crippen LogP contribution in [0, 0.1) is 0 Å². The van der Waals surface area contributed by atoms with Crippen molar-refractivity contribution in [3.63, 3.8) is 0 Å². The van der Waals surface area contributed by atoms with Crippen molar-refractivity contribution < 1.29 is 19.4 Å². The highest BCUT2D eigenvalue weighted by atomic mass is 16.5. The summed E-state index contributed by atoms with van der Waals surface area (Å²) in [5.74, 6) is -1.80. The highest BCUT2D eigenvalue weighted by Crippen LogP contribution is 1.97. The van der Waals surface area contributed by atoms with E-state index in [0.717, 1.165) is 12.2 Å². The average molecular weight is 286 g/mol. The first-order chi connectivity index (χ1) is 10.0. The van der Waals surface area contributed by atoms with E-state index in [2.05, 4.69) is 24.5 Å². The van der Waals surface area contributed by atoms with Crippen molar-refractivity contribution in [1.29, 1.82) is 0 Å². The van der Waals surface area contributed by atoms with Crippen LogP contribution in [-0.2, 0) is 14.3 Å². The van der Waals surface area contributed by atoms with Gasteiger partial charge in [-0.05, 0) is 11.6 Å². The van der Waals surface area contributed by atoms with E-state index in [1.807, 2.05) is 36.4 Å². The Kier molecular flexibility index (Phi) is 9.48. The fourth-order valence-corrected chi connectivity index (χ4v) is 1.06. The van der Waals surface area contributed by atoms with Gasteiger partial charge >= 0.3 is 11.9 Å². The van der Waals surface area contributed by atoms with Gasteiger partial charge in [-0.2, -0.15) is 0 Å². The topological polar surface area (TPSA) is 63.6 Å². The minimum Gasteiger partial charge on any atom is -0.478 e. The fraction of sp³-hybridized carbons (Fsp3) is 0.0588. The summed E-state index contributed by atoms with van der Waals surface area (Å²) in [6, 6.07) is 10.0. The molecule has 0 aliphatic heterocycles. The van der Waals surface area contributed by atoms with Crippen molar-refractivity contribution in [3.8, 4) is 0 Å². The second kappa shape index (κ2) is 11.0. The zero-order chi connectivity index (χ0) is 16.1. The summed E-state index contributed by atoms with van der Waals surface area (Å²) in [5, 5.41) is 8.22. The van der Waals surface area contributed by atoms with E-state index in [-0.39, 0.29) is 12.2 Å². The Morgan fingerprint density at radius 3 is 2.19 bits per heavy atom. The number of benzene rings is 1. The van der Waals surface area contributed by atoms with Crippen molar-refractivity contribution in [1.82, 2.24) is 0 Å². The maximum atomic E-state index is 10.9. The number of aliphatic carboxylic acids is 1. The first kappa shape index (κ1) is 18.1. The second-order valence-electron chi connectivity index (χ2n) is 3.70. The lowest BCUT2D eigenvalue weighted by atomic mass is 10.2. The van der Waals surface area contributed by atoms with Crippen LogP contribution in [0.1, 0.15) is 5.56 Å². The van der Waals surface area contributed by atoms with Crippen LogP contribution >= 0.6 is 0 Å². The molecule has 0 aliphatic rings. The van der Waals surface area contributed by atoms with Crippen LogP contribution in [0.15, 0.2) is 73.9 Å². The van der Waals surface area contributed by atoms with E-state index in [4.69, 9.17) is 5.11 Å². The predicted molar refractivity (Wildman–Crippen MR) is 83.6 cm³/mol. The van der Waals surface area contributed by atoms with E-state index < -0.39 is 11.9 Å². The van der Waals surface area contributed by atoms with Gasteiger partial charge in [-0.15, -0.1) is 0 Å². The summed E-state index contributed by atoms with van der Waals surface area (Å²) in [4.78, 5) is 20.9. The lowest BCUT2D eigenvalue weighted by molar-refractivity contribution is -0.137. The molecule has 1 rings (SSSR count). The molecule has 1 N–H and O–H groups in total. The van der Waals surface area contributed by atoms with Gasteiger partial charge in [0.15, 0.2) is 0 Å². The van der Waals surface area contributed by atoms with E-state index in [1.165, 1.54) is 11.6 Å². The standard InChI is InChI=1S/C9H10O4.C8H8/c1-3-6-13-9(12)7(2)4-5-8(10)11;1-2-8-6-4-3-5-7-8/h3-5H,1-2,6H2,(H,10,11);2-7H,1H2. The van der Waals surface area contributed by atoms with Crippen molar-refractivity contribution in [2.75, 3.05) is 6.61 Å². The number of carboxylic acid groups (broad SMARTS) is 1. The Labute approximate surface area is 124 Å². The molecular formula is C17H18O4. The van der Waals surface area contributed by atoms with Crippen LogP contribution in [0.25, 0.3) is 6.08 Å². The molecular weight excluding hydrogens is 268 g/mol. The normalized spacial score (nSPS) is 9.14. The molecule has 0 saturated carbocycles. The molecule has 0 unspecified atom stereocenters. The van der Waals surface area contributed by atoms with Gasteiger partial charge in [0.1, 0.15) is 6.61 Å². The van der Waals surface area contributed by atoms with Crippen molar-refractivity contribution in [3.05, 3.63) is 79.4 Å². The minimum atomic E-state index is -1.14. The quantitative estimate of drug-likeness (QED) is 0.377. The van der Waals surface area contributed by atoms with Gasteiger partial charge in [-0.25, -0.2) is 9.59 Å². The molecule has 0 amide bonds. The number of carbonyl (C=O) groups is 2. The lowest BCUT2D eigenvalue weighted by Crippen LogP contribution is -2.05. The van der Waals surface area contributed by atoms with Crippen molar-refractivity contribution >= 4 is 18.0 Å². The number of esters is 1. The third-order valence-electron chi connectivity index (χ3n) is 2.06. The molecule has 0 bridgehead atoms. The van der Waals surface area contributed by atoms with Crippen LogP contribution in [0.2, 0.25) is 0 Å². The van der Waals surface area contributed by atoms with Crippen LogP contribution in [0.5, 0.6) is 0 Å². The van der Waals surface area contributed by atoms with E-state index in [9.17, 15) is 9.59 Å². The number of carbonyl (C=O) groups excluding carboxylic acids is 1. The molecule has 1 aromatic carbocycles. The molecule has 110 valence electrons. The Balaban J connectivity index is 0.000000423. The fourth-order valence-electron chi connectivity index (χ4n) is 1.06. The lowest BCUT2D eigenvalue weighted by Gasteiger charge is -1.99. The Bertz CT molecular complexity index is 527. The van der Waals surface area contributed by atoms with Gasteiger partial charge < -0.3 is 9.84 Å². The molecule has 1 aromatic rings. The van der Waals surface area contributed by atoms with Crippen LogP contribution < -0.4 is 0 Å². The van der Waals surface area contributed by atoms with Crippen LogP contribution in [-0.4, -0.2) is 23.7 Å². The van der Waals surface area contributed by atoms with Crippen molar-refractivity contribution in [2.24, 2.45) is 0 Å². The Morgan fingerprint density at radius 1 is 1.14 bits per heavy atom. The van der Waals surface area contributed by atoms with Crippen LogP contribution in [0.3, 0.4) is 0 Å². The Morgan fingerprint density at radius 2 is 1.76 bits per heavy atom. The molecule has 0 radical (unpaired) electrons. The maximum absolute atomic E-state index is 10.9. The van der Waals surface area contributed by atoms with Gasteiger partial charge in [0.2, 0.25) is 0 Å². The number of hydrogen-bond acceptors (Lipinski definition) is 3. The zero-order valence-corrected chi connectivity index (χ0v) is 11.7. The molecule has 0 atom stereocenters. The van der Waals surface area contributed by atoms with E-state index >= 15 is 0 Å². The monoisotopic (exact) mass is 286 g/mol. The number of hydrogen-bond donors (Lipinski definition) is 1. The van der Waals surface area contributed by atoms with Crippen LogP contribution in [0.4, 0.5) is 0 Å². The molecule has 21 heavy (non-hydrogen) atoms. The second-order valence-corrected chi connectivity index (χ2v) is 3.70. The summed E-state index contributed by atoms with van der Waals surface area (Å²) >= 11 is 0. The highest BCUT2D eigenvalue weighted by molar-refractivity contribution is 5.93. The number of ether oxygens (including phenoxy) is 1. The summed E-state index contributed by atoms with van der Waals surface area (Å²) in [6.07, 6.45) is 5.14. The summed E-state index contributed by atoms with van der Waals surface area (Å²) < 4.78 is 4.58. The summed E-state index contributed by atoms with van der Waals surface area (Å²) in [6.45, 7) is 10.4. The SMILES string of the molecule is C=CCOC(=O)C(=C)C=CC(=O)O.C=Cc1ccccc1. The number of carboxylic acids is 1. The molecule has 0 spiro atoms. The first-order valence-corrected chi connectivity index (χ1v) is 6.06. The molecule has 0 saturated heterocycles. The molecule has 0 aliphatic carbocycles. The van der Waals surface area contributed by atoms with Gasteiger partial charge in [0, 0.05) is 6.08 Å². The largest absolute Gasteiger partial charge is 0.478 e.